The van der Waals surface area contributed by atoms with Crippen LogP contribution in [0, 0.1) is 0 Å². The van der Waals surface area contributed by atoms with Crippen LogP contribution in [0.5, 0.6) is 0 Å². The van der Waals surface area contributed by atoms with Crippen molar-refractivity contribution in [3.63, 3.8) is 0 Å². The van der Waals surface area contributed by atoms with Gasteiger partial charge in [0.2, 0.25) is 0 Å². The average Bonchev–Trinajstić information content (AvgIpc) is 3.38. The number of esters is 3. The number of allylic oxidation sites excluding steroid dienone is 14. The number of carbonyl (C=O) groups excluding carboxylic acids is 3. The summed E-state index contributed by atoms with van der Waals surface area (Å²) < 4.78 is 16.9. The molecule has 0 bridgehead atoms. The molecule has 0 aliphatic carbocycles. The van der Waals surface area contributed by atoms with Crippen molar-refractivity contribution >= 4 is 17.9 Å². The van der Waals surface area contributed by atoms with Crippen LogP contribution in [0.3, 0.4) is 0 Å². The van der Waals surface area contributed by atoms with Gasteiger partial charge >= 0.3 is 17.9 Å². The van der Waals surface area contributed by atoms with Gasteiger partial charge in [-0.2, -0.15) is 0 Å². The lowest BCUT2D eigenvalue weighted by Gasteiger charge is -2.18. The van der Waals surface area contributed by atoms with Crippen molar-refractivity contribution in [2.45, 2.75) is 303 Å². The topological polar surface area (TPSA) is 78.9 Å². The summed E-state index contributed by atoms with van der Waals surface area (Å²) in [5.74, 6) is -0.893. The summed E-state index contributed by atoms with van der Waals surface area (Å²) >= 11 is 0. The third-order valence-corrected chi connectivity index (χ3v) is 13.1. The Kier molecular flexibility index (Phi) is 57.3. The van der Waals surface area contributed by atoms with Crippen LogP contribution in [0.15, 0.2) is 85.1 Å². The maximum atomic E-state index is 12.9. The van der Waals surface area contributed by atoms with Crippen molar-refractivity contribution in [1.29, 1.82) is 0 Å². The molecule has 0 aliphatic rings. The Morgan fingerprint density at radius 1 is 0.292 bits per heavy atom. The summed E-state index contributed by atoms with van der Waals surface area (Å²) in [6.45, 7) is 6.48. The van der Waals surface area contributed by atoms with E-state index in [2.05, 4.69) is 106 Å². The van der Waals surface area contributed by atoms with Crippen molar-refractivity contribution < 1.29 is 28.6 Å². The minimum atomic E-state index is -0.785. The highest BCUT2D eigenvalue weighted by molar-refractivity contribution is 5.71. The fourth-order valence-electron chi connectivity index (χ4n) is 8.52. The molecule has 6 heteroatoms. The van der Waals surface area contributed by atoms with Gasteiger partial charge in [0.05, 0.1) is 0 Å². The molecule has 1 unspecified atom stereocenters. The van der Waals surface area contributed by atoms with Crippen LogP contribution < -0.4 is 0 Å². The predicted octanol–water partition coefficient (Wildman–Crippen LogP) is 20.7. The summed E-state index contributed by atoms with van der Waals surface area (Å²) in [6, 6.07) is 0. The van der Waals surface area contributed by atoms with Gasteiger partial charge < -0.3 is 14.2 Å². The van der Waals surface area contributed by atoms with Crippen molar-refractivity contribution in [3.05, 3.63) is 85.1 Å². The van der Waals surface area contributed by atoms with Crippen molar-refractivity contribution in [3.8, 4) is 0 Å². The van der Waals surface area contributed by atoms with Gasteiger partial charge in [0.1, 0.15) is 13.2 Å². The van der Waals surface area contributed by atoms with Crippen LogP contribution >= 0.6 is 0 Å². The van der Waals surface area contributed by atoms with Gasteiger partial charge in [-0.05, 0) is 116 Å². The van der Waals surface area contributed by atoms with Crippen molar-refractivity contribution in [1.82, 2.24) is 0 Å². The van der Waals surface area contributed by atoms with E-state index in [1.807, 2.05) is 0 Å². The maximum Gasteiger partial charge on any atom is 0.306 e. The van der Waals surface area contributed by atoms with E-state index in [-0.39, 0.29) is 31.1 Å². The number of hydrogen-bond acceptors (Lipinski definition) is 6. The lowest BCUT2D eigenvalue weighted by Crippen LogP contribution is -2.30. The Morgan fingerprint density at radius 3 is 0.861 bits per heavy atom. The summed E-state index contributed by atoms with van der Waals surface area (Å²) in [5.41, 5.74) is 0. The molecule has 0 fully saturated rings. The molecule has 0 aromatic heterocycles. The summed E-state index contributed by atoms with van der Waals surface area (Å²) in [5, 5.41) is 0. The second-order valence-corrected chi connectivity index (χ2v) is 20.2. The number of hydrogen-bond donors (Lipinski definition) is 0. The smallest absolute Gasteiger partial charge is 0.306 e. The van der Waals surface area contributed by atoms with E-state index in [1.54, 1.807) is 0 Å². The molecule has 0 heterocycles. The van der Waals surface area contributed by atoms with E-state index >= 15 is 0 Å². The molecule has 1 atom stereocenters. The Hall–Kier alpha value is -3.41. The van der Waals surface area contributed by atoms with Crippen molar-refractivity contribution in [2.24, 2.45) is 0 Å². The van der Waals surface area contributed by atoms with E-state index < -0.39 is 6.10 Å². The van der Waals surface area contributed by atoms with Crippen molar-refractivity contribution in [2.75, 3.05) is 13.2 Å². The zero-order chi connectivity index (χ0) is 52.2. The summed E-state index contributed by atoms with van der Waals surface area (Å²) in [6.07, 6.45) is 78.7. The molecule has 0 saturated carbocycles. The van der Waals surface area contributed by atoms with Gasteiger partial charge in [-0.1, -0.05) is 247 Å². The summed E-state index contributed by atoms with van der Waals surface area (Å²) in [7, 11) is 0. The molecule has 0 N–H and O–H groups in total. The summed E-state index contributed by atoms with van der Waals surface area (Å²) in [4.78, 5) is 38.2. The molecule has 72 heavy (non-hydrogen) atoms. The van der Waals surface area contributed by atoms with Gasteiger partial charge in [0.25, 0.3) is 0 Å². The highest BCUT2D eigenvalue weighted by Gasteiger charge is 2.19. The predicted molar refractivity (Wildman–Crippen MR) is 311 cm³/mol. The van der Waals surface area contributed by atoms with E-state index in [4.69, 9.17) is 14.2 Å². The van der Waals surface area contributed by atoms with E-state index in [9.17, 15) is 14.4 Å². The first-order valence-electron chi connectivity index (χ1n) is 30.6. The number of ether oxygens (including phenoxy) is 3. The first-order valence-corrected chi connectivity index (χ1v) is 30.6. The molecule has 414 valence electrons. The first-order chi connectivity index (χ1) is 35.5. The van der Waals surface area contributed by atoms with Crippen LogP contribution in [0.4, 0.5) is 0 Å². The molecular weight excluding hydrogens is 889 g/mol. The largest absolute Gasteiger partial charge is 0.462 e. The highest BCUT2D eigenvalue weighted by Crippen LogP contribution is 2.16. The molecule has 0 saturated heterocycles. The van der Waals surface area contributed by atoms with Crippen LogP contribution in [0.1, 0.15) is 297 Å². The second kappa shape index (κ2) is 60.1. The van der Waals surface area contributed by atoms with E-state index in [0.717, 1.165) is 103 Å². The standard InChI is InChI=1S/C66H114O6/c1-4-7-10-13-16-19-22-25-27-29-30-31-32-33-34-35-36-38-39-41-44-47-50-53-56-59-65(68)71-62-63(61-70-64(67)58-55-52-49-46-43-24-21-18-15-12-9-6-3)72-66(69)60-57-54-51-48-45-42-40-37-28-26-23-20-17-14-11-8-5-2/h7,10,16-21,25-28,30-31,63H,4-6,8-9,11-15,22-24,29,32-62H2,1-3H3/b10-7-,19-16-,20-17-,21-18-,27-25-,28-26-,31-30-. The Labute approximate surface area is 445 Å². The first kappa shape index (κ1) is 68.6. The fourth-order valence-corrected chi connectivity index (χ4v) is 8.52. The third kappa shape index (κ3) is 57.5. The van der Waals surface area contributed by atoms with Crippen LogP contribution in [0.2, 0.25) is 0 Å². The highest BCUT2D eigenvalue weighted by atomic mass is 16.6. The molecule has 0 rings (SSSR count). The van der Waals surface area contributed by atoms with E-state index in [0.29, 0.717) is 19.3 Å². The lowest BCUT2D eigenvalue weighted by atomic mass is 10.0. The normalized spacial score (nSPS) is 12.7. The Morgan fingerprint density at radius 2 is 0.542 bits per heavy atom. The SMILES string of the molecule is CC/C=C\C/C=C\C/C=C\C/C=C\CCCCCCCCCCCCCCC(=O)OCC(COC(=O)CCCCCCC/C=C\CCCCC)OC(=O)CCCCCCCCC/C=C\C/C=C\CCCCC. The second-order valence-electron chi connectivity index (χ2n) is 20.2. The molecule has 0 spiro atoms. The molecule has 0 aliphatic heterocycles. The van der Waals surface area contributed by atoms with Crippen LogP contribution in [-0.2, 0) is 28.6 Å². The molecule has 0 aromatic rings. The van der Waals surface area contributed by atoms with Gasteiger partial charge in [-0.15, -0.1) is 0 Å². The van der Waals surface area contributed by atoms with Crippen LogP contribution in [-0.4, -0.2) is 37.2 Å². The molecular formula is C66H114O6. The quantitative estimate of drug-likeness (QED) is 0.0261. The fraction of sp³-hybridized carbons (Fsp3) is 0.742. The number of carbonyl (C=O) groups is 3. The van der Waals surface area contributed by atoms with Gasteiger partial charge in [0.15, 0.2) is 6.10 Å². The minimum Gasteiger partial charge on any atom is -0.462 e. The van der Waals surface area contributed by atoms with Gasteiger partial charge in [-0.3, -0.25) is 14.4 Å². The van der Waals surface area contributed by atoms with Gasteiger partial charge in [-0.25, -0.2) is 0 Å². The molecule has 6 nitrogen and oxygen atoms in total. The maximum absolute atomic E-state index is 12.9. The zero-order valence-electron chi connectivity index (χ0n) is 47.4. The third-order valence-electron chi connectivity index (χ3n) is 13.1. The minimum absolute atomic E-state index is 0.0822. The zero-order valence-corrected chi connectivity index (χ0v) is 47.4. The molecule has 0 aromatic carbocycles. The monoisotopic (exact) mass is 1000 g/mol. The average molecular weight is 1000 g/mol. The Balaban J connectivity index is 4.30. The number of rotatable bonds is 55. The van der Waals surface area contributed by atoms with Gasteiger partial charge in [0, 0.05) is 19.3 Å². The molecule has 0 amide bonds. The number of unbranched alkanes of at least 4 members (excludes halogenated alkanes) is 30. The Bertz CT molecular complexity index is 1380. The lowest BCUT2D eigenvalue weighted by molar-refractivity contribution is -0.167. The molecule has 0 radical (unpaired) electrons. The van der Waals surface area contributed by atoms with Crippen LogP contribution in [0.25, 0.3) is 0 Å². The van der Waals surface area contributed by atoms with E-state index in [1.165, 1.54) is 154 Å².